The minimum atomic E-state index is -0.0710. The molecule has 7 heteroatoms. The number of nitrogens with zero attached hydrogens (tertiary/aromatic N) is 2. The fourth-order valence-corrected chi connectivity index (χ4v) is 4.34. The van der Waals surface area contributed by atoms with Gasteiger partial charge < -0.3 is 5.73 Å². The largest absolute Gasteiger partial charge is 0.326 e. The van der Waals surface area contributed by atoms with Crippen molar-refractivity contribution in [3.8, 4) is 10.6 Å². The summed E-state index contributed by atoms with van der Waals surface area (Å²) in [7, 11) is 0. The Hall–Kier alpha value is -0.760. The van der Waals surface area contributed by atoms with Gasteiger partial charge in [0.15, 0.2) is 5.13 Å². The maximum absolute atomic E-state index is 11.8. The third-order valence-electron chi connectivity index (χ3n) is 2.73. The second-order valence-electron chi connectivity index (χ2n) is 4.08. The summed E-state index contributed by atoms with van der Waals surface area (Å²) in [4.78, 5) is 19.1. The Kier molecular flexibility index (Phi) is 3.23. The van der Waals surface area contributed by atoms with Gasteiger partial charge in [-0.3, -0.25) is 9.69 Å². The van der Waals surface area contributed by atoms with Gasteiger partial charge in [0, 0.05) is 28.9 Å². The Morgan fingerprint density at radius 1 is 1.50 bits per heavy atom. The summed E-state index contributed by atoms with van der Waals surface area (Å²) in [6, 6.07) is 1.92. The molecular formula is C11H10BrN3OS2. The maximum atomic E-state index is 11.8. The van der Waals surface area contributed by atoms with E-state index >= 15 is 0 Å². The van der Waals surface area contributed by atoms with Gasteiger partial charge in [-0.25, -0.2) is 4.98 Å². The van der Waals surface area contributed by atoms with Crippen molar-refractivity contribution in [3.63, 3.8) is 0 Å². The minimum absolute atomic E-state index is 0.0636. The molecule has 1 aliphatic heterocycles. The molecule has 94 valence electrons. The number of amides is 1. The first-order chi connectivity index (χ1) is 8.65. The summed E-state index contributed by atoms with van der Waals surface area (Å²) in [5.41, 5.74) is 6.69. The zero-order chi connectivity index (χ0) is 12.7. The molecule has 2 aromatic heterocycles. The number of rotatable bonds is 2. The van der Waals surface area contributed by atoms with E-state index in [2.05, 4.69) is 20.9 Å². The molecular weight excluding hydrogens is 334 g/mol. The van der Waals surface area contributed by atoms with Crippen LogP contribution in [0.25, 0.3) is 10.6 Å². The van der Waals surface area contributed by atoms with Crippen LogP contribution in [0.15, 0.2) is 21.3 Å². The molecule has 18 heavy (non-hydrogen) atoms. The van der Waals surface area contributed by atoms with Crippen LogP contribution in [0.4, 0.5) is 5.13 Å². The predicted molar refractivity (Wildman–Crippen MR) is 78.1 cm³/mol. The van der Waals surface area contributed by atoms with Crippen molar-refractivity contribution in [1.82, 2.24) is 4.98 Å². The molecule has 1 unspecified atom stereocenters. The van der Waals surface area contributed by atoms with Gasteiger partial charge in [0.25, 0.3) is 0 Å². The highest BCUT2D eigenvalue weighted by Crippen LogP contribution is 2.36. The Bertz CT molecular complexity index is 595. The minimum Gasteiger partial charge on any atom is -0.326 e. The van der Waals surface area contributed by atoms with Gasteiger partial charge in [0.1, 0.15) is 0 Å². The molecule has 1 saturated heterocycles. The molecule has 4 nitrogen and oxygen atoms in total. The zero-order valence-corrected chi connectivity index (χ0v) is 12.5. The molecule has 2 N–H and O–H groups in total. The molecule has 1 amide bonds. The van der Waals surface area contributed by atoms with Gasteiger partial charge in [-0.15, -0.1) is 22.7 Å². The highest BCUT2D eigenvalue weighted by molar-refractivity contribution is 9.10. The molecule has 1 aliphatic rings. The second kappa shape index (κ2) is 4.73. The van der Waals surface area contributed by atoms with E-state index in [0.29, 0.717) is 13.0 Å². The monoisotopic (exact) mass is 343 g/mol. The number of halogens is 1. The van der Waals surface area contributed by atoms with E-state index in [1.54, 1.807) is 16.2 Å². The van der Waals surface area contributed by atoms with Crippen LogP contribution in [0, 0.1) is 0 Å². The van der Waals surface area contributed by atoms with E-state index in [0.717, 1.165) is 20.2 Å². The normalized spacial score (nSPS) is 19.8. The average molecular weight is 344 g/mol. The molecule has 0 spiro atoms. The van der Waals surface area contributed by atoms with E-state index in [9.17, 15) is 4.79 Å². The van der Waals surface area contributed by atoms with E-state index in [-0.39, 0.29) is 11.9 Å². The lowest BCUT2D eigenvalue weighted by Gasteiger charge is -2.11. The molecule has 1 atom stereocenters. The number of aromatic nitrogens is 1. The van der Waals surface area contributed by atoms with Crippen molar-refractivity contribution in [2.75, 3.05) is 11.4 Å². The van der Waals surface area contributed by atoms with Crippen molar-refractivity contribution in [2.45, 2.75) is 12.5 Å². The van der Waals surface area contributed by atoms with E-state index < -0.39 is 0 Å². The zero-order valence-electron chi connectivity index (χ0n) is 9.30. The number of thiazole rings is 1. The molecule has 1 fully saturated rings. The van der Waals surface area contributed by atoms with Gasteiger partial charge in [-0.05, 0) is 27.4 Å². The maximum Gasteiger partial charge on any atom is 0.230 e. The Labute approximate surface area is 121 Å². The SMILES string of the molecule is NC1CC(=O)N(c2nc(-c3sccc3Br)cs2)C1. The summed E-state index contributed by atoms with van der Waals surface area (Å²) in [5.74, 6) is 0.0636. The van der Waals surface area contributed by atoms with E-state index in [1.165, 1.54) is 11.3 Å². The second-order valence-corrected chi connectivity index (χ2v) is 6.69. The number of hydrogen-bond donors (Lipinski definition) is 1. The van der Waals surface area contributed by atoms with Gasteiger partial charge in [0.05, 0.1) is 10.6 Å². The standard InChI is InChI=1S/C11H10BrN3OS2/c12-7-1-2-17-10(7)8-5-18-11(14-8)15-4-6(13)3-9(15)16/h1-2,5-6H,3-4,13H2. The van der Waals surface area contributed by atoms with E-state index in [4.69, 9.17) is 5.73 Å². The number of anilines is 1. The first-order valence-corrected chi connectivity index (χ1v) is 7.95. The molecule has 0 bridgehead atoms. The van der Waals surface area contributed by atoms with Crippen LogP contribution in [-0.2, 0) is 4.79 Å². The molecule has 0 aromatic carbocycles. The third-order valence-corrected chi connectivity index (χ3v) is 5.45. The van der Waals surface area contributed by atoms with Crippen molar-refractivity contribution >= 4 is 49.6 Å². The van der Waals surface area contributed by atoms with Crippen LogP contribution in [0.2, 0.25) is 0 Å². The Morgan fingerprint density at radius 3 is 2.94 bits per heavy atom. The molecule has 2 aromatic rings. The van der Waals surface area contributed by atoms with Crippen LogP contribution in [0.1, 0.15) is 6.42 Å². The molecule has 0 saturated carbocycles. The van der Waals surface area contributed by atoms with E-state index in [1.807, 2.05) is 16.8 Å². The van der Waals surface area contributed by atoms with Crippen molar-refractivity contribution in [2.24, 2.45) is 5.73 Å². The van der Waals surface area contributed by atoms with Crippen LogP contribution in [0.5, 0.6) is 0 Å². The third kappa shape index (κ3) is 2.11. The molecule has 0 radical (unpaired) electrons. The number of nitrogens with two attached hydrogens (primary N) is 1. The summed E-state index contributed by atoms with van der Waals surface area (Å²) in [6.45, 7) is 0.567. The lowest BCUT2D eigenvalue weighted by Crippen LogP contribution is -2.27. The quantitative estimate of drug-likeness (QED) is 0.911. The molecule has 3 rings (SSSR count). The smallest absolute Gasteiger partial charge is 0.230 e. The highest BCUT2D eigenvalue weighted by Gasteiger charge is 2.30. The topological polar surface area (TPSA) is 59.2 Å². The first kappa shape index (κ1) is 12.3. The van der Waals surface area contributed by atoms with Crippen molar-refractivity contribution < 1.29 is 4.79 Å². The predicted octanol–water partition coefficient (Wildman–Crippen LogP) is 2.70. The first-order valence-electron chi connectivity index (χ1n) is 5.40. The fourth-order valence-electron chi connectivity index (χ4n) is 1.89. The van der Waals surface area contributed by atoms with Crippen LogP contribution < -0.4 is 10.6 Å². The van der Waals surface area contributed by atoms with Gasteiger partial charge in [0.2, 0.25) is 5.91 Å². The summed E-state index contributed by atoms with van der Waals surface area (Å²) in [5, 5.41) is 4.72. The van der Waals surface area contributed by atoms with Gasteiger partial charge in [-0.1, -0.05) is 0 Å². The Balaban J connectivity index is 1.91. The summed E-state index contributed by atoms with van der Waals surface area (Å²) < 4.78 is 1.04. The lowest BCUT2D eigenvalue weighted by atomic mass is 10.3. The van der Waals surface area contributed by atoms with Crippen molar-refractivity contribution in [3.05, 3.63) is 21.3 Å². The number of carbonyl (C=O) groups excluding carboxylic acids is 1. The van der Waals surface area contributed by atoms with Crippen LogP contribution in [-0.4, -0.2) is 23.5 Å². The van der Waals surface area contributed by atoms with Crippen LogP contribution >= 0.6 is 38.6 Å². The average Bonchev–Trinajstić information content (AvgIpc) is 2.98. The molecule has 0 aliphatic carbocycles. The fraction of sp³-hybridized carbons (Fsp3) is 0.273. The number of thiophene rings is 1. The number of carbonyl (C=O) groups is 1. The Morgan fingerprint density at radius 2 is 2.33 bits per heavy atom. The van der Waals surface area contributed by atoms with Gasteiger partial charge >= 0.3 is 0 Å². The van der Waals surface area contributed by atoms with Crippen molar-refractivity contribution in [1.29, 1.82) is 0 Å². The number of hydrogen-bond acceptors (Lipinski definition) is 5. The lowest BCUT2D eigenvalue weighted by molar-refractivity contribution is -0.117. The summed E-state index contributed by atoms with van der Waals surface area (Å²) in [6.07, 6.45) is 0.414. The van der Waals surface area contributed by atoms with Crippen LogP contribution in [0.3, 0.4) is 0 Å². The molecule has 3 heterocycles. The van der Waals surface area contributed by atoms with Gasteiger partial charge in [-0.2, -0.15) is 0 Å². The summed E-state index contributed by atoms with van der Waals surface area (Å²) >= 11 is 6.60. The highest BCUT2D eigenvalue weighted by atomic mass is 79.9.